The molecule has 1 heterocycles. The number of halogens is 1. The monoisotopic (exact) mass is 246 g/mol. The first-order chi connectivity index (χ1) is 8.70. The van der Waals surface area contributed by atoms with Crippen molar-refractivity contribution in [2.75, 3.05) is 11.9 Å². The first-order valence-corrected chi connectivity index (χ1v) is 5.66. The zero-order chi connectivity index (χ0) is 13.0. The summed E-state index contributed by atoms with van der Waals surface area (Å²) in [4.78, 5) is 9.73. The second-order valence-electron chi connectivity index (χ2n) is 4.03. The Morgan fingerprint density at radius 3 is 2.39 bits per heavy atom. The second kappa shape index (κ2) is 5.55. The minimum atomic E-state index is -0.436. The van der Waals surface area contributed by atoms with Crippen LogP contribution in [-0.4, -0.2) is 17.0 Å². The molecular weight excluding hydrogens is 231 g/mol. The first kappa shape index (κ1) is 12.4. The van der Waals surface area contributed by atoms with Gasteiger partial charge in [-0.3, -0.25) is 0 Å². The summed E-state index contributed by atoms with van der Waals surface area (Å²) in [5.74, 6) is 0.0535. The molecule has 0 radical (unpaired) electrons. The summed E-state index contributed by atoms with van der Waals surface area (Å²) >= 11 is 0. The van der Waals surface area contributed by atoms with Crippen molar-refractivity contribution in [3.8, 4) is 0 Å². The molecule has 0 aliphatic heterocycles. The summed E-state index contributed by atoms with van der Waals surface area (Å²) in [6, 6.07) is 7.94. The lowest BCUT2D eigenvalue weighted by molar-refractivity contribution is 0.612. The van der Waals surface area contributed by atoms with Gasteiger partial charge in [-0.15, -0.1) is 0 Å². The predicted molar refractivity (Wildman–Crippen MR) is 68.4 cm³/mol. The Bertz CT molecular complexity index is 513. The standard InChI is InChI=1S/C13H15FN4/c1-18(13-16-7-12(14)8-17-13)9-11-5-3-2-4-10(11)6-15/h2-5,7-8H,6,9,15H2,1H3. The van der Waals surface area contributed by atoms with Crippen LogP contribution in [0.5, 0.6) is 0 Å². The Morgan fingerprint density at radius 1 is 1.17 bits per heavy atom. The van der Waals surface area contributed by atoms with Gasteiger partial charge in [0.1, 0.15) is 0 Å². The molecule has 18 heavy (non-hydrogen) atoms. The van der Waals surface area contributed by atoms with E-state index in [9.17, 15) is 4.39 Å². The highest BCUT2D eigenvalue weighted by molar-refractivity contribution is 5.34. The summed E-state index contributed by atoms with van der Waals surface area (Å²) in [5, 5.41) is 0. The number of aromatic nitrogens is 2. The van der Waals surface area contributed by atoms with Crippen LogP contribution in [0.3, 0.4) is 0 Å². The first-order valence-electron chi connectivity index (χ1n) is 5.66. The molecule has 0 aliphatic rings. The van der Waals surface area contributed by atoms with Gasteiger partial charge in [0.15, 0.2) is 5.82 Å². The number of benzene rings is 1. The fraction of sp³-hybridized carbons (Fsp3) is 0.231. The highest BCUT2D eigenvalue weighted by Crippen LogP contribution is 2.13. The van der Waals surface area contributed by atoms with Gasteiger partial charge in [-0.25, -0.2) is 14.4 Å². The summed E-state index contributed by atoms with van der Waals surface area (Å²) in [7, 11) is 1.86. The van der Waals surface area contributed by atoms with E-state index in [0.717, 1.165) is 23.5 Å². The number of nitrogens with two attached hydrogens (primary N) is 1. The molecule has 0 fully saturated rings. The molecule has 0 atom stereocenters. The Hall–Kier alpha value is -2.01. The number of hydrogen-bond acceptors (Lipinski definition) is 4. The Balaban J connectivity index is 2.15. The van der Waals surface area contributed by atoms with E-state index in [1.165, 1.54) is 0 Å². The second-order valence-corrected chi connectivity index (χ2v) is 4.03. The quantitative estimate of drug-likeness (QED) is 0.892. The van der Waals surface area contributed by atoms with Gasteiger partial charge >= 0.3 is 0 Å². The molecule has 4 nitrogen and oxygen atoms in total. The van der Waals surface area contributed by atoms with Crippen molar-refractivity contribution in [3.63, 3.8) is 0 Å². The Kier molecular flexibility index (Phi) is 3.84. The number of hydrogen-bond donors (Lipinski definition) is 1. The van der Waals surface area contributed by atoms with Crippen molar-refractivity contribution in [2.45, 2.75) is 13.1 Å². The molecule has 0 saturated heterocycles. The van der Waals surface area contributed by atoms with Crippen molar-refractivity contribution in [1.82, 2.24) is 9.97 Å². The molecule has 5 heteroatoms. The molecular formula is C13H15FN4. The minimum absolute atomic E-state index is 0.436. The van der Waals surface area contributed by atoms with Gasteiger partial charge in [-0.1, -0.05) is 24.3 Å². The van der Waals surface area contributed by atoms with Gasteiger partial charge < -0.3 is 10.6 Å². The van der Waals surface area contributed by atoms with Crippen LogP contribution in [0.4, 0.5) is 10.3 Å². The largest absolute Gasteiger partial charge is 0.340 e. The van der Waals surface area contributed by atoms with Crippen LogP contribution in [0.2, 0.25) is 0 Å². The molecule has 0 saturated carbocycles. The van der Waals surface area contributed by atoms with Gasteiger partial charge in [0.25, 0.3) is 0 Å². The summed E-state index contributed by atoms with van der Waals surface area (Å²) < 4.78 is 12.7. The zero-order valence-corrected chi connectivity index (χ0v) is 10.2. The van der Waals surface area contributed by atoms with Crippen molar-refractivity contribution in [2.24, 2.45) is 5.73 Å². The molecule has 0 aliphatic carbocycles. The van der Waals surface area contributed by atoms with Crippen LogP contribution in [0.1, 0.15) is 11.1 Å². The lowest BCUT2D eigenvalue weighted by Gasteiger charge is -2.18. The van der Waals surface area contributed by atoms with E-state index in [1.54, 1.807) is 0 Å². The topological polar surface area (TPSA) is 55.0 Å². The van der Waals surface area contributed by atoms with Gasteiger partial charge in [0.2, 0.25) is 5.95 Å². The van der Waals surface area contributed by atoms with Crippen molar-refractivity contribution in [3.05, 3.63) is 53.6 Å². The molecule has 0 bridgehead atoms. The van der Waals surface area contributed by atoms with Crippen molar-refractivity contribution < 1.29 is 4.39 Å². The molecule has 2 N–H and O–H groups in total. The van der Waals surface area contributed by atoms with E-state index in [1.807, 2.05) is 36.2 Å². The fourth-order valence-corrected chi connectivity index (χ4v) is 1.74. The van der Waals surface area contributed by atoms with E-state index >= 15 is 0 Å². The third kappa shape index (κ3) is 2.81. The van der Waals surface area contributed by atoms with E-state index in [0.29, 0.717) is 19.0 Å². The highest BCUT2D eigenvalue weighted by Gasteiger charge is 2.07. The lowest BCUT2D eigenvalue weighted by atomic mass is 10.1. The average Bonchev–Trinajstić information content (AvgIpc) is 2.40. The lowest BCUT2D eigenvalue weighted by Crippen LogP contribution is -2.20. The smallest absolute Gasteiger partial charge is 0.225 e. The summed E-state index contributed by atoms with van der Waals surface area (Å²) in [5.41, 5.74) is 7.90. The van der Waals surface area contributed by atoms with Gasteiger partial charge in [-0.2, -0.15) is 0 Å². The highest BCUT2D eigenvalue weighted by atomic mass is 19.1. The van der Waals surface area contributed by atoms with Gasteiger partial charge in [0, 0.05) is 20.1 Å². The molecule has 1 aromatic carbocycles. The molecule has 0 unspecified atom stereocenters. The SMILES string of the molecule is CN(Cc1ccccc1CN)c1ncc(F)cn1. The molecule has 94 valence electrons. The molecule has 0 amide bonds. The Morgan fingerprint density at radius 2 is 1.78 bits per heavy atom. The zero-order valence-electron chi connectivity index (χ0n) is 10.2. The maximum absolute atomic E-state index is 12.7. The third-order valence-electron chi connectivity index (χ3n) is 2.69. The maximum atomic E-state index is 12.7. The Labute approximate surface area is 105 Å². The van der Waals surface area contributed by atoms with Crippen LogP contribution < -0.4 is 10.6 Å². The van der Waals surface area contributed by atoms with E-state index in [2.05, 4.69) is 9.97 Å². The summed E-state index contributed by atoms with van der Waals surface area (Å²) in [6.07, 6.45) is 2.32. The van der Waals surface area contributed by atoms with Crippen molar-refractivity contribution >= 4 is 5.95 Å². The van der Waals surface area contributed by atoms with Gasteiger partial charge in [0.05, 0.1) is 12.4 Å². The number of anilines is 1. The van der Waals surface area contributed by atoms with Crippen LogP contribution in [0.15, 0.2) is 36.7 Å². The van der Waals surface area contributed by atoms with Gasteiger partial charge in [-0.05, 0) is 11.1 Å². The summed E-state index contributed by atoms with van der Waals surface area (Å²) in [6.45, 7) is 1.13. The number of nitrogens with zero attached hydrogens (tertiary/aromatic N) is 3. The minimum Gasteiger partial charge on any atom is -0.340 e. The van der Waals surface area contributed by atoms with E-state index in [-0.39, 0.29) is 0 Å². The van der Waals surface area contributed by atoms with Crippen LogP contribution in [0.25, 0.3) is 0 Å². The maximum Gasteiger partial charge on any atom is 0.225 e. The molecule has 1 aromatic heterocycles. The fourth-order valence-electron chi connectivity index (χ4n) is 1.74. The molecule has 0 spiro atoms. The van der Waals surface area contributed by atoms with Crippen LogP contribution in [0, 0.1) is 5.82 Å². The van der Waals surface area contributed by atoms with E-state index in [4.69, 9.17) is 5.73 Å². The average molecular weight is 246 g/mol. The third-order valence-corrected chi connectivity index (χ3v) is 2.69. The normalized spacial score (nSPS) is 10.4. The molecule has 2 aromatic rings. The van der Waals surface area contributed by atoms with Crippen LogP contribution in [-0.2, 0) is 13.1 Å². The number of rotatable bonds is 4. The van der Waals surface area contributed by atoms with E-state index < -0.39 is 5.82 Å². The molecule has 2 rings (SSSR count). The van der Waals surface area contributed by atoms with Crippen LogP contribution >= 0.6 is 0 Å². The predicted octanol–water partition coefficient (Wildman–Crippen LogP) is 1.71. The van der Waals surface area contributed by atoms with Crippen molar-refractivity contribution in [1.29, 1.82) is 0 Å².